The van der Waals surface area contributed by atoms with E-state index in [1.807, 2.05) is 0 Å². The van der Waals surface area contributed by atoms with Gasteiger partial charge in [-0.15, -0.1) is 0 Å². The average molecular weight is 241 g/mol. The maximum atomic E-state index is 3.53. The topological polar surface area (TPSA) is 18.5 Å². The van der Waals surface area contributed by atoms with E-state index in [2.05, 4.69) is 50.0 Å². The predicted octanol–water partition coefficient (Wildman–Crippen LogP) is 1.79. The van der Waals surface area contributed by atoms with E-state index in [4.69, 9.17) is 0 Å². The van der Waals surface area contributed by atoms with Crippen LogP contribution in [0.15, 0.2) is 0 Å². The van der Waals surface area contributed by atoms with Crippen molar-refractivity contribution >= 4 is 0 Å². The summed E-state index contributed by atoms with van der Waals surface area (Å²) in [5, 5.41) is 3.53. The summed E-state index contributed by atoms with van der Waals surface area (Å²) in [5.41, 5.74) is 0. The second-order valence-electron chi connectivity index (χ2n) is 5.51. The molecule has 1 fully saturated rings. The van der Waals surface area contributed by atoms with Gasteiger partial charge in [0.15, 0.2) is 0 Å². The second kappa shape index (κ2) is 7.34. The van der Waals surface area contributed by atoms with Crippen molar-refractivity contribution < 1.29 is 0 Å². The van der Waals surface area contributed by atoms with E-state index in [9.17, 15) is 0 Å². The minimum absolute atomic E-state index is 0.649. The SMILES string of the molecule is CCCC(NC)C(CC)N1CCN(C)CC1C. The highest BCUT2D eigenvalue weighted by molar-refractivity contribution is 4.89. The van der Waals surface area contributed by atoms with Crippen molar-refractivity contribution in [2.75, 3.05) is 33.7 Å². The predicted molar refractivity (Wildman–Crippen MR) is 75.5 cm³/mol. The van der Waals surface area contributed by atoms with Gasteiger partial charge in [-0.2, -0.15) is 0 Å². The highest BCUT2D eigenvalue weighted by atomic mass is 15.3. The number of nitrogens with one attached hydrogen (secondary N) is 1. The third-order valence-corrected chi connectivity index (χ3v) is 4.16. The van der Waals surface area contributed by atoms with Crippen LogP contribution < -0.4 is 5.32 Å². The van der Waals surface area contributed by atoms with Crippen LogP contribution in [0.3, 0.4) is 0 Å². The summed E-state index contributed by atoms with van der Waals surface area (Å²) in [6.45, 7) is 10.6. The quantitative estimate of drug-likeness (QED) is 0.765. The van der Waals surface area contributed by atoms with Crippen LogP contribution >= 0.6 is 0 Å². The van der Waals surface area contributed by atoms with Crippen molar-refractivity contribution in [1.29, 1.82) is 0 Å². The van der Waals surface area contributed by atoms with Gasteiger partial charge in [0.25, 0.3) is 0 Å². The largest absolute Gasteiger partial charge is 0.315 e. The van der Waals surface area contributed by atoms with Crippen molar-refractivity contribution in [3.63, 3.8) is 0 Å². The Kier molecular flexibility index (Phi) is 6.45. The summed E-state index contributed by atoms with van der Waals surface area (Å²) >= 11 is 0. The number of hydrogen-bond donors (Lipinski definition) is 1. The zero-order valence-corrected chi connectivity index (χ0v) is 12.4. The van der Waals surface area contributed by atoms with Crippen molar-refractivity contribution in [2.24, 2.45) is 0 Å². The minimum Gasteiger partial charge on any atom is -0.315 e. The van der Waals surface area contributed by atoms with Gasteiger partial charge < -0.3 is 10.2 Å². The van der Waals surface area contributed by atoms with Gasteiger partial charge >= 0.3 is 0 Å². The van der Waals surface area contributed by atoms with E-state index in [0.717, 1.165) is 0 Å². The summed E-state index contributed by atoms with van der Waals surface area (Å²) < 4.78 is 0. The zero-order valence-electron chi connectivity index (χ0n) is 12.4. The first kappa shape index (κ1) is 14.9. The summed E-state index contributed by atoms with van der Waals surface area (Å²) in [4.78, 5) is 5.17. The minimum atomic E-state index is 0.649. The Bertz CT molecular complexity index is 208. The number of piperazine rings is 1. The van der Waals surface area contributed by atoms with Crippen LogP contribution in [0.1, 0.15) is 40.0 Å². The molecule has 3 nitrogen and oxygen atoms in total. The van der Waals surface area contributed by atoms with Crippen LogP contribution in [-0.2, 0) is 0 Å². The molecule has 3 atom stereocenters. The lowest BCUT2D eigenvalue weighted by molar-refractivity contribution is 0.0425. The molecular formula is C14H31N3. The molecule has 3 unspecified atom stereocenters. The molecule has 102 valence electrons. The first-order valence-corrected chi connectivity index (χ1v) is 7.25. The van der Waals surface area contributed by atoms with Gasteiger partial charge in [-0.3, -0.25) is 4.90 Å². The highest BCUT2D eigenvalue weighted by Gasteiger charge is 2.30. The fourth-order valence-corrected chi connectivity index (χ4v) is 3.24. The Morgan fingerprint density at radius 1 is 1.29 bits per heavy atom. The van der Waals surface area contributed by atoms with E-state index >= 15 is 0 Å². The van der Waals surface area contributed by atoms with Crippen LogP contribution in [0, 0.1) is 0 Å². The highest BCUT2D eigenvalue weighted by Crippen LogP contribution is 2.19. The number of likely N-dealkylation sites (N-methyl/N-ethyl adjacent to an activating group) is 2. The first-order valence-electron chi connectivity index (χ1n) is 7.25. The van der Waals surface area contributed by atoms with Gasteiger partial charge in [-0.05, 0) is 33.9 Å². The molecule has 0 aromatic heterocycles. The fraction of sp³-hybridized carbons (Fsp3) is 1.00. The molecule has 0 radical (unpaired) electrons. The van der Waals surface area contributed by atoms with Gasteiger partial charge in [0.1, 0.15) is 0 Å². The Morgan fingerprint density at radius 3 is 2.47 bits per heavy atom. The number of rotatable bonds is 6. The summed E-state index contributed by atoms with van der Waals surface area (Å²) in [6, 6.07) is 2.03. The summed E-state index contributed by atoms with van der Waals surface area (Å²) in [6.07, 6.45) is 3.80. The molecule has 0 bridgehead atoms. The van der Waals surface area contributed by atoms with E-state index in [0.29, 0.717) is 18.1 Å². The van der Waals surface area contributed by atoms with Gasteiger partial charge in [-0.25, -0.2) is 0 Å². The van der Waals surface area contributed by atoms with Gasteiger partial charge in [0.2, 0.25) is 0 Å². The Labute approximate surface area is 108 Å². The molecule has 3 heteroatoms. The van der Waals surface area contributed by atoms with E-state index < -0.39 is 0 Å². The lowest BCUT2D eigenvalue weighted by atomic mass is 9.97. The molecular weight excluding hydrogens is 210 g/mol. The molecule has 1 N–H and O–H groups in total. The maximum absolute atomic E-state index is 3.53. The fourth-order valence-electron chi connectivity index (χ4n) is 3.24. The van der Waals surface area contributed by atoms with Crippen molar-refractivity contribution in [2.45, 2.75) is 58.2 Å². The number of nitrogens with zero attached hydrogens (tertiary/aromatic N) is 2. The van der Waals surface area contributed by atoms with Crippen LogP contribution in [0.4, 0.5) is 0 Å². The molecule has 1 aliphatic heterocycles. The molecule has 1 aliphatic rings. The van der Waals surface area contributed by atoms with Gasteiger partial charge in [0.05, 0.1) is 0 Å². The van der Waals surface area contributed by atoms with Crippen LogP contribution in [-0.4, -0.2) is 61.7 Å². The maximum Gasteiger partial charge on any atom is 0.0250 e. The summed E-state index contributed by atoms with van der Waals surface area (Å²) in [7, 11) is 4.35. The molecule has 17 heavy (non-hydrogen) atoms. The van der Waals surface area contributed by atoms with Crippen molar-refractivity contribution in [1.82, 2.24) is 15.1 Å². The lowest BCUT2D eigenvalue weighted by Crippen LogP contribution is -2.59. The Hall–Kier alpha value is -0.120. The molecule has 1 heterocycles. The first-order chi connectivity index (χ1) is 8.13. The Balaban J connectivity index is 2.64. The van der Waals surface area contributed by atoms with E-state index in [1.54, 1.807) is 0 Å². The molecule has 0 saturated carbocycles. The summed E-state index contributed by atoms with van der Waals surface area (Å²) in [5.74, 6) is 0. The van der Waals surface area contributed by atoms with Gasteiger partial charge in [-0.1, -0.05) is 20.3 Å². The van der Waals surface area contributed by atoms with E-state index in [-0.39, 0.29) is 0 Å². The molecule has 0 amide bonds. The molecule has 0 aromatic carbocycles. The third-order valence-electron chi connectivity index (χ3n) is 4.16. The monoisotopic (exact) mass is 241 g/mol. The van der Waals surface area contributed by atoms with Crippen LogP contribution in [0.2, 0.25) is 0 Å². The average Bonchev–Trinajstić information content (AvgIpc) is 2.31. The zero-order chi connectivity index (χ0) is 12.8. The number of hydrogen-bond acceptors (Lipinski definition) is 3. The molecule has 1 rings (SSSR count). The smallest absolute Gasteiger partial charge is 0.0250 e. The van der Waals surface area contributed by atoms with Crippen molar-refractivity contribution in [3.05, 3.63) is 0 Å². The van der Waals surface area contributed by atoms with Gasteiger partial charge in [0, 0.05) is 37.8 Å². The van der Waals surface area contributed by atoms with Crippen molar-refractivity contribution in [3.8, 4) is 0 Å². The van der Waals surface area contributed by atoms with Crippen LogP contribution in [0.25, 0.3) is 0 Å². The lowest BCUT2D eigenvalue weighted by Gasteiger charge is -2.45. The standard InChI is InChI=1S/C14H31N3/c1-6-8-13(15-4)14(7-2)17-10-9-16(5)11-12(17)3/h12-15H,6-11H2,1-5H3. The molecule has 0 aromatic rings. The molecule has 1 saturated heterocycles. The molecule has 0 spiro atoms. The normalized spacial score (nSPS) is 27.0. The second-order valence-corrected chi connectivity index (χ2v) is 5.51. The van der Waals surface area contributed by atoms with Crippen LogP contribution in [0.5, 0.6) is 0 Å². The van der Waals surface area contributed by atoms with E-state index in [1.165, 1.54) is 38.9 Å². The third kappa shape index (κ3) is 3.94. The molecule has 0 aliphatic carbocycles. The Morgan fingerprint density at radius 2 is 2.00 bits per heavy atom.